The average molecular weight is 478 g/mol. The largest absolute Gasteiger partial charge is 0.462 e. The van der Waals surface area contributed by atoms with Gasteiger partial charge in [-0.3, -0.25) is 18.7 Å². The molecule has 0 aliphatic heterocycles. The Kier molecular flexibility index (Phi) is 7.03. The third kappa shape index (κ3) is 4.99. The van der Waals surface area contributed by atoms with Gasteiger partial charge in [-0.05, 0) is 61.2 Å². The van der Waals surface area contributed by atoms with Crippen LogP contribution in [0.1, 0.15) is 22.2 Å². The number of carbonyl (C=O) groups is 2. The first kappa shape index (κ1) is 23.2. The van der Waals surface area contributed by atoms with Crippen LogP contribution in [0, 0.1) is 0 Å². The van der Waals surface area contributed by atoms with E-state index in [4.69, 9.17) is 4.74 Å². The lowest BCUT2D eigenvalue weighted by Crippen LogP contribution is -2.42. The summed E-state index contributed by atoms with van der Waals surface area (Å²) in [4.78, 5) is 51.9. The third-order valence-electron chi connectivity index (χ3n) is 5.28. The highest BCUT2D eigenvalue weighted by atomic mass is 32.1. The van der Waals surface area contributed by atoms with Crippen LogP contribution in [0.3, 0.4) is 0 Å². The minimum absolute atomic E-state index is 0.222. The summed E-state index contributed by atoms with van der Waals surface area (Å²) in [6, 6.07) is 16.9. The SMILES string of the molecule is CCOC(=O)c1ccc(NC(=O)Cn2c(=O)n(CCc3cccs3)c(=O)c3ccccc32)cc1. The topological polar surface area (TPSA) is 99.4 Å². The summed E-state index contributed by atoms with van der Waals surface area (Å²) in [6.07, 6.45) is 0.546. The number of nitrogens with one attached hydrogen (secondary N) is 1. The van der Waals surface area contributed by atoms with E-state index in [1.807, 2.05) is 17.5 Å². The number of hydrogen-bond donors (Lipinski definition) is 1. The Balaban J connectivity index is 1.59. The van der Waals surface area contributed by atoms with Crippen LogP contribution < -0.4 is 16.6 Å². The Labute approximate surface area is 199 Å². The van der Waals surface area contributed by atoms with Crippen LogP contribution in [0.2, 0.25) is 0 Å². The molecule has 0 radical (unpaired) electrons. The second kappa shape index (κ2) is 10.3. The van der Waals surface area contributed by atoms with Crippen LogP contribution in [-0.2, 0) is 29.0 Å². The Morgan fingerprint density at radius 2 is 1.74 bits per heavy atom. The first-order valence-corrected chi connectivity index (χ1v) is 11.7. The van der Waals surface area contributed by atoms with E-state index < -0.39 is 17.6 Å². The number of aromatic nitrogens is 2. The highest BCUT2D eigenvalue weighted by Gasteiger charge is 2.16. The number of anilines is 1. The number of hydrogen-bond acceptors (Lipinski definition) is 6. The Hall–Kier alpha value is -3.98. The van der Waals surface area contributed by atoms with Crippen LogP contribution >= 0.6 is 11.3 Å². The zero-order valence-corrected chi connectivity index (χ0v) is 19.3. The zero-order chi connectivity index (χ0) is 24.1. The molecule has 0 saturated carbocycles. The van der Waals surface area contributed by atoms with Gasteiger partial charge < -0.3 is 10.1 Å². The quantitative estimate of drug-likeness (QED) is 0.393. The molecule has 2 aromatic heterocycles. The number of fused-ring (bicyclic) bond motifs is 1. The standard InChI is InChI=1S/C25H23N3O5S/c1-2-33-24(31)17-9-11-18(12-10-17)26-22(29)16-28-21-8-4-3-7-20(21)23(30)27(25(28)32)14-13-19-6-5-15-34-19/h3-12,15H,2,13-14,16H2,1H3,(H,26,29). The molecular formula is C25H23N3O5S. The molecule has 174 valence electrons. The van der Waals surface area contributed by atoms with Gasteiger partial charge in [-0.25, -0.2) is 9.59 Å². The second-order valence-corrected chi connectivity index (χ2v) is 8.55. The molecule has 0 spiro atoms. The molecule has 1 N–H and O–H groups in total. The van der Waals surface area contributed by atoms with Crippen LogP contribution in [0.4, 0.5) is 5.69 Å². The number of thiophene rings is 1. The normalized spacial score (nSPS) is 10.9. The number of benzene rings is 2. The summed E-state index contributed by atoms with van der Waals surface area (Å²) < 4.78 is 7.45. The molecular weight excluding hydrogens is 454 g/mol. The van der Waals surface area contributed by atoms with Crippen molar-refractivity contribution >= 4 is 39.8 Å². The molecule has 4 aromatic rings. The van der Waals surface area contributed by atoms with Crippen LogP contribution in [-0.4, -0.2) is 27.6 Å². The third-order valence-corrected chi connectivity index (χ3v) is 6.21. The molecule has 2 aromatic carbocycles. The Bertz CT molecular complexity index is 1440. The number of para-hydroxylation sites is 1. The van der Waals surface area contributed by atoms with E-state index in [0.29, 0.717) is 28.6 Å². The van der Waals surface area contributed by atoms with Crippen LogP contribution in [0.25, 0.3) is 10.9 Å². The lowest BCUT2D eigenvalue weighted by atomic mass is 10.2. The summed E-state index contributed by atoms with van der Waals surface area (Å²) in [6.45, 7) is 1.96. The van der Waals surface area contributed by atoms with Crippen molar-refractivity contribution in [2.24, 2.45) is 0 Å². The van der Waals surface area contributed by atoms with Crippen molar-refractivity contribution in [3.05, 3.63) is 97.3 Å². The van der Waals surface area contributed by atoms with Crippen molar-refractivity contribution in [3.8, 4) is 0 Å². The number of amides is 1. The molecule has 9 heteroatoms. The van der Waals surface area contributed by atoms with E-state index in [-0.39, 0.29) is 25.3 Å². The van der Waals surface area contributed by atoms with Crippen LogP contribution in [0.15, 0.2) is 75.6 Å². The van der Waals surface area contributed by atoms with Gasteiger partial charge in [-0.15, -0.1) is 11.3 Å². The minimum atomic E-state index is -0.534. The molecule has 1 amide bonds. The smallest absolute Gasteiger partial charge is 0.338 e. The van der Waals surface area contributed by atoms with Crippen molar-refractivity contribution < 1.29 is 14.3 Å². The highest BCUT2D eigenvalue weighted by Crippen LogP contribution is 2.13. The molecule has 8 nitrogen and oxygen atoms in total. The Morgan fingerprint density at radius 3 is 2.44 bits per heavy atom. The van der Waals surface area contributed by atoms with Gasteiger partial charge in [0, 0.05) is 17.1 Å². The maximum Gasteiger partial charge on any atom is 0.338 e. The summed E-state index contributed by atoms with van der Waals surface area (Å²) in [7, 11) is 0. The maximum atomic E-state index is 13.2. The summed E-state index contributed by atoms with van der Waals surface area (Å²) in [5.41, 5.74) is 0.343. The minimum Gasteiger partial charge on any atom is -0.462 e. The second-order valence-electron chi connectivity index (χ2n) is 7.52. The monoisotopic (exact) mass is 477 g/mol. The fourth-order valence-corrected chi connectivity index (χ4v) is 4.34. The highest BCUT2D eigenvalue weighted by molar-refractivity contribution is 7.09. The van der Waals surface area contributed by atoms with Gasteiger partial charge in [0.2, 0.25) is 5.91 Å². The molecule has 0 aliphatic carbocycles. The van der Waals surface area contributed by atoms with E-state index in [1.54, 1.807) is 66.8 Å². The number of aryl methyl sites for hydroxylation is 1. The van der Waals surface area contributed by atoms with E-state index in [9.17, 15) is 19.2 Å². The summed E-state index contributed by atoms with van der Waals surface area (Å²) in [5, 5.41) is 5.05. The molecule has 34 heavy (non-hydrogen) atoms. The van der Waals surface area contributed by atoms with Gasteiger partial charge >= 0.3 is 11.7 Å². The predicted molar refractivity (Wildman–Crippen MR) is 132 cm³/mol. The molecule has 0 fully saturated rings. The van der Waals surface area contributed by atoms with E-state index in [1.165, 1.54) is 9.13 Å². The van der Waals surface area contributed by atoms with Gasteiger partial charge in [-0.2, -0.15) is 0 Å². The van der Waals surface area contributed by atoms with Gasteiger partial charge in [0.25, 0.3) is 5.56 Å². The van der Waals surface area contributed by atoms with Crippen molar-refractivity contribution in [3.63, 3.8) is 0 Å². The Morgan fingerprint density at radius 1 is 0.971 bits per heavy atom. The molecule has 0 aliphatic rings. The summed E-state index contributed by atoms with van der Waals surface area (Å²) >= 11 is 1.56. The fourth-order valence-electron chi connectivity index (χ4n) is 3.65. The number of esters is 1. The molecule has 0 atom stereocenters. The van der Waals surface area contributed by atoms with Crippen molar-refractivity contribution in [2.45, 2.75) is 26.4 Å². The van der Waals surface area contributed by atoms with Crippen molar-refractivity contribution in [1.82, 2.24) is 9.13 Å². The lowest BCUT2D eigenvalue weighted by molar-refractivity contribution is -0.116. The molecule has 0 saturated heterocycles. The number of carbonyl (C=O) groups excluding carboxylic acids is 2. The lowest BCUT2D eigenvalue weighted by Gasteiger charge is -2.14. The first-order chi connectivity index (χ1) is 16.5. The van der Waals surface area contributed by atoms with Crippen molar-refractivity contribution in [2.75, 3.05) is 11.9 Å². The first-order valence-electron chi connectivity index (χ1n) is 10.8. The van der Waals surface area contributed by atoms with E-state index >= 15 is 0 Å². The number of nitrogens with zero attached hydrogens (tertiary/aromatic N) is 2. The predicted octanol–water partition coefficient (Wildman–Crippen LogP) is 3.28. The van der Waals surface area contributed by atoms with Gasteiger partial charge in [0.05, 0.1) is 23.1 Å². The molecule has 4 rings (SSSR count). The molecule has 2 heterocycles. The maximum absolute atomic E-state index is 13.2. The van der Waals surface area contributed by atoms with E-state index in [0.717, 1.165) is 4.88 Å². The van der Waals surface area contributed by atoms with Gasteiger partial charge in [0.15, 0.2) is 0 Å². The van der Waals surface area contributed by atoms with Crippen molar-refractivity contribution in [1.29, 1.82) is 0 Å². The number of rotatable bonds is 8. The van der Waals surface area contributed by atoms with Gasteiger partial charge in [-0.1, -0.05) is 18.2 Å². The van der Waals surface area contributed by atoms with Gasteiger partial charge in [0.1, 0.15) is 6.54 Å². The summed E-state index contributed by atoms with van der Waals surface area (Å²) in [5.74, 6) is -0.872. The van der Waals surface area contributed by atoms with E-state index in [2.05, 4.69) is 5.32 Å². The molecule has 0 unspecified atom stereocenters. The number of ether oxygens (including phenoxy) is 1. The average Bonchev–Trinajstić information content (AvgIpc) is 3.36. The zero-order valence-electron chi connectivity index (χ0n) is 18.5. The fraction of sp³-hybridized carbons (Fsp3) is 0.200. The molecule has 0 bridgehead atoms. The van der Waals surface area contributed by atoms with Crippen LogP contribution in [0.5, 0.6) is 0 Å².